The van der Waals surface area contributed by atoms with Crippen molar-refractivity contribution in [2.75, 3.05) is 6.61 Å². The lowest BCUT2D eigenvalue weighted by molar-refractivity contribution is -0.159. The van der Waals surface area contributed by atoms with E-state index in [4.69, 9.17) is 9.47 Å². The van der Waals surface area contributed by atoms with Gasteiger partial charge >= 0.3 is 11.7 Å². The Hall–Kier alpha value is -1.89. The number of nitrogens with zero attached hydrogens (tertiary/aromatic N) is 1. The van der Waals surface area contributed by atoms with Crippen LogP contribution in [0.3, 0.4) is 0 Å². The van der Waals surface area contributed by atoms with Gasteiger partial charge in [0.25, 0.3) is 5.56 Å². The highest BCUT2D eigenvalue weighted by molar-refractivity contribution is 5.76. The van der Waals surface area contributed by atoms with Gasteiger partial charge in [-0.05, 0) is 32.6 Å². The molecular weight excluding hydrogens is 300 g/mol. The minimum Gasteiger partial charge on any atom is -0.463 e. The van der Waals surface area contributed by atoms with Gasteiger partial charge in [0.1, 0.15) is 12.8 Å². The number of hydrogen-bond acceptors (Lipinski definition) is 5. The van der Waals surface area contributed by atoms with Crippen LogP contribution in [-0.4, -0.2) is 28.2 Å². The number of aromatic nitrogens is 2. The summed E-state index contributed by atoms with van der Waals surface area (Å²) in [7, 11) is 0. The van der Waals surface area contributed by atoms with Gasteiger partial charge in [0.2, 0.25) is 0 Å². The Labute approximate surface area is 133 Å². The average Bonchev–Trinajstić information content (AvgIpc) is 3.15. The van der Waals surface area contributed by atoms with Crippen LogP contribution >= 0.6 is 0 Å². The maximum atomic E-state index is 12.2. The van der Waals surface area contributed by atoms with E-state index in [0.29, 0.717) is 12.8 Å². The molecule has 7 nitrogen and oxygen atoms in total. The molecule has 126 valence electrons. The second kappa shape index (κ2) is 6.31. The number of aromatic amines is 1. The number of carbonyl (C=O) groups excluding carboxylic acids is 1. The monoisotopic (exact) mass is 322 g/mol. The van der Waals surface area contributed by atoms with E-state index in [1.165, 1.54) is 16.8 Å². The lowest BCUT2D eigenvalue weighted by Gasteiger charge is -2.22. The quantitative estimate of drug-likeness (QED) is 0.845. The summed E-state index contributed by atoms with van der Waals surface area (Å²) in [5.74, 6) is -0.150. The Kier molecular flexibility index (Phi) is 4.39. The van der Waals surface area contributed by atoms with Crippen LogP contribution in [0.2, 0.25) is 0 Å². The minimum atomic E-state index is -0.487. The van der Waals surface area contributed by atoms with Crippen molar-refractivity contribution in [1.29, 1.82) is 0 Å². The van der Waals surface area contributed by atoms with Crippen molar-refractivity contribution in [1.82, 2.24) is 9.55 Å². The van der Waals surface area contributed by atoms with Gasteiger partial charge in [-0.1, -0.05) is 12.8 Å². The van der Waals surface area contributed by atoms with Gasteiger partial charge in [0.05, 0.1) is 11.5 Å². The van der Waals surface area contributed by atoms with Crippen molar-refractivity contribution in [3.05, 3.63) is 33.1 Å². The molecule has 2 atom stereocenters. The van der Waals surface area contributed by atoms with Gasteiger partial charge in [-0.15, -0.1) is 0 Å². The Morgan fingerprint density at radius 1 is 1.39 bits per heavy atom. The minimum absolute atomic E-state index is 0.150. The fourth-order valence-corrected chi connectivity index (χ4v) is 3.37. The van der Waals surface area contributed by atoms with Crippen molar-refractivity contribution in [2.45, 2.75) is 57.8 Å². The standard InChI is InChI=1S/C16H22N2O5/c1-16(7-2-3-8-16)14(20)22-10-11-4-5-13(23-11)18-9-6-12(19)17-15(18)21/h6,9,11,13H,2-5,7-8,10H2,1H3,(H,17,19,21). The van der Waals surface area contributed by atoms with Gasteiger partial charge in [-0.2, -0.15) is 0 Å². The molecule has 0 aromatic carbocycles. The zero-order chi connectivity index (χ0) is 16.4. The van der Waals surface area contributed by atoms with E-state index in [-0.39, 0.29) is 24.1 Å². The summed E-state index contributed by atoms with van der Waals surface area (Å²) in [5, 5.41) is 0. The molecule has 1 saturated carbocycles. The molecule has 1 aliphatic carbocycles. The summed E-state index contributed by atoms with van der Waals surface area (Å²) >= 11 is 0. The predicted octanol–water partition coefficient (Wildman–Crippen LogP) is 1.34. The average molecular weight is 322 g/mol. The number of ether oxygens (including phenoxy) is 2. The summed E-state index contributed by atoms with van der Waals surface area (Å²) in [6.07, 6.45) is 6.05. The zero-order valence-corrected chi connectivity index (χ0v) is 13.2. The maximum absolute atomic E-state index is 12.2. The molecular formula is C16H22N2O5. The number of hydrogen-bond donors (Lipinski definition) is 1. The molecule has 0 amide bonds. The van der Waals surface area contributed by atoms with Gasteiger partial charge in [-0.25, -0.2) is 4.79 Å². The van der Waals surface area contributed by atoms with Crippen LogP contribution in [0.25, 0.3) is 0 Å². The molecule has 2 fully saturated rings. The molecule has 0 spiro atoms. The third-order valence-electron chi connectivity index (χ3n) is 4.85. The fourth-order valence-electron chi connectivity index (χ4n) is 3.37. The lowest BCUT2D eigenvalue weighted by atomic mass is 9.89. The molecule has 23 heavy (non-hydrogen) atoms. The molecule has 3 rings (SSSR count). The number of esters is 1. The van der Waals surface area contributed by atoms with Crippen LogP contribution in [0.4, 0.5) is 0 Å². The van der Waals surface area contributed by atoms with E-state index in [0.717, 1.165) is 25.7 Å². The van der Waals surface area contributed by atoms with Crippen molar-refractivity contribution >= 4 is 5.97 Å². The van der Waals surface area contributed by atoms with Crippen LogP contribution in [-0.2, 0) is 14.3 Å². The summed E-state index contributed by atoms with van der Waals surface area (Å²) < 4.78 is 12.6. The SMILES string of the molecule is CC1(C(=O)OCC2CCC(n3ccc(=O)[nH]c3=O)O2)CCCC1. The molecule has 1 aliphatic heterocycles. The number of H-pyrrole nitrogens is 1. The van der Waals surface area contributed by atoms with Gasteiger partial charge in [-0.3, -0.25) is 19.1 Å². The molecule has 7 heteroatoms. The highest BCUT2D eigenvalue weighted by Gasteiger charge is 2.38. The van der Waals surface area contributed by atoms with Crippen molar-refractivity contribution in [2.24, 2.45) is 5.41 Å². The molecule has 2 heterocycles. The highest BCUT2D eigenvalue weighted by Crippen LogP contribution is 2.38. The van der Waals surface area contributed by atoms with Gasteiger partial charge in [0, 0.05) is 12.3 Å². The topological polar surface area (TPSA) is 90.4 Å². The summed E-state index contributed by atoms with van der Waals surface area (Å²) in [5.41, 5.74) is -1.27. The van der Waals surface area contributed by atoms with Crippen LogP contribution in [0.5, 0.6) is 0 Å². The van der Waals surface area contributed by atoms with Crippen molar-refractivity contribution < 1.29 is 14.3 Å². The number of rotatable bonds is 4. The predicted molar refractivity (Wildman–Crippen MR) is 82.0 cm³/mol. The third kappa shape index (κ3) is 3.39. The van der Waals surface area contributed by atoms with Gasteiger partial charge < -0.3 is 9.47 Å². The van der Waals surface area contributed by atoms with E-state index in [2.05, 4.69) is 4.98 Å². The molecule has 0 radical (unpaired) electrons. The first-order chi connectivity index (χ1) is 11.0. The molecule has 2 aliphatic rings. The summed E-state index contributed by atoms with van der Waals surface area (Å²) in [6.45, 7) is 2.17. The smallest absolute Gasteiger partial charge is 0.330 e. The molecule has 1 aromatic heterocycles. The van der Waals surface area contributed by atoms with Gasteiger partial charge in [0.15, 0.2) is 0 Å². The van der Waals surface area contributed by atoms with E-state index >= 15 is 0 Å². The molecule has 1 N–H and O–H groups in total. The maximum Gasteiger partial charge on any atom is 0.330 e. The van der Waals surface area contributed by atoms with Crippen LogP contribution in [0, 0.1) is 5.41 Å². The number of carbonyl (C=O) groups is 1. The van der Waals surface area contributed by atoms with E-state index in [1.807, 2.05) is 6.92 Å². The molecule has 2 unspecified atom stereocenters. The first-order valence-electron chi connectivity index (χ1n) is 8.12. The van der Waals surface area contributed by atoms with Crippen LogP contribution < -0.4 is 11.2 Å². The Bertz CT molecular complexity index is 686. The first kappa shape index (κ1) is 16.0. The second-order valence-corrected chi connectivity index (χ2v) is 6.67. The van der Waals surface area contributed by atoms with Crippen molar-refractivity contribution in [3.63, 3.8) is 0 Å². The highest BCUT2D eigenvalue weighted by atomic mass is 16.6. The van der Waals surface area contributed by atoms with E-state index in [9.17, 15) is 14.4 Å². The number of nitrogens with one attached hydrogen (secondary N) is 1. The largest absolute Gasteiger partial charge is 0.463 e. The third-order valence-corrected chi connectivity index (χ3v) is 4.85. The Balaban J connectivity index is 1.55. The summed E-state index contributed by atoms with van der Waals surface area (Å²) in [6, 6.07) is 1.29. The second-order valence-electron chi connectivity index (χ2n) is 6.67. The molecule has 1 saturated heterocycles. The Morgan fingerprint density at radius 2 is 2.13 bits per heavy atom. The lowest BCUT2D eigenvalue weighted by Crippen LogP contribution is -2.32. The van der Waals surface area contributed by atoms with E-state index in [1.54, 1.807) is 0 Å². The first-order valence-corrected chi connectivity index (χ1v) is 8.12. The Morgan fingerprint density at radius 3 is 2.83 bits per heavy atom. The van der Waals surface area contributed by atoms with Crippen LogP contribution in [0.15, 0.2) is 21.9 Å². The summed E-state index contributed by atoms with van der Waals surface area (Å²) in [4.78, 5) is 37.2. The molecule has 1 aromatic rings. The normalized spacial score (nSPS) is 26.3. The van der Waals surface area contributed by atoms with Crippen molar-refractivity contribution in [3.8, 4) is 0 Å². The fraction of sp³-hybridized carbons (Fsp3) is 0.688. The molecule has 0 bridgehead atoms. The van der Waals surface area contributed by atoms with E-state index < -0.39 is 17.5 Å². The zero-order valence-electron chi connectivity index (χ0n) is 13.2. The van der Waals surface area contributed by atoms with Crippen LogP contribution in [0.1, 0.15) is 51.7 Å².